The molecule has 0 aliphatic carbocycles. The number of carbonyl (C=O) groups excluding carboxylic acids is 2. The van der Waals surface area contributed by atoms with Gasteiger partial charge in [0.2, 0.25) is 11.8 Å². The molecule has 2 rings (SSSR count). The second-order valence-electron chi connectivity index (χ2n) is 5.28. The van der Waals surface area contributed by atoms with E-state index in [2.05, 4.69) is 5.32 Å². The average molecular weight is 225 g/mol. The predicted octanol–water partition coefficient (Wildman–Crippen LogP) is -0.539. The third-order valence-electron chi connectivity index (χ3n) is 3.57. The van der Waals surface area contributed by atoms with Gasteiger partial charge in [0, 0.05) is 13.1 Å². The fourth-order valence-corrected chi connectivity index (χ4v) is 2.39. The topological polar surface area (TPSA) is 75.4 Å². The molecule has 2 amide bonds. The van der Waals surface area contributed by atoms with Crippen LogP contribution in [0.1, 0.15) is 26.7 Å². The van der Waals surface area contributed by atoms with Crippen molar-refractivity contribution < 1.29 is 9.59 Å². The Morgan fingerprint density at radius 1 is 1.56 bits per heavy atom. The molecule has 2 heterocycles. The number of rotatable bonds is 2. The van der Waals surface area contributed by atoms with Crippen LogP contribution in [0.15, 0.2) is 0 Å². The van der Waals surface area contributed by atoms with Gasteiger partial charge in [-0.2, -0.15) is 0 Å². The van der Waals surface area contributed by atoms with Crippen LogP contribution in [0.4, 0.5) is 0 Å². The SMILES string of the molecule is CC(C)[C@H](N)C(=O)N1CC[C@@]2(CC(=O)N2)C1. The van der Waals surface area contributed by atoms with Crippen LogP contribution >= 0.6 is 0 Å². The molecule has 0 aromatic rings. The maximum absolute atomic E-state index is 12.0. The third-order valence-corrected chi connectivity index (χ3v) is 3.57. The van der Waals surface area contributed by atoms with Gasteiger partial charge in [-0.05, 0) is 12.3 Å². The van der Waals surface area contributed by atoms with Crippen LogP contribution in [0.5, 0.6) is 0 Å². The number of carbonyl (C=O) groups is 2. The van der Waals surface area contributed by atoms with Gasteiger partial charge in [-0.1, -0.05) is 13.8 Å². The number of nitrogens with zero attached hydrogens (tertiary/aromatic N) is 1. The van der Waals surface area contributed by atoms with Crippen LogP contribution in [-0.2, 0) is 9.59 Å². The van der Waals surface area contributed by atoms with E-state index in [9.17, 15) is 9.59 Å². The summed E-state index contributed by atoms with van der Waals surface area (Å²) >= 11 is 0. The molecule has 5 nitrogen and oxygen atoms in total. The first-order valence-corrected chi connectivity index (χ1v) is 5.79. The quantitative estimate of drug-likeness (QED) is 0.620. The summed E-state index contributed by atoms with van der Waals surface area (Å²) < 4.78 is 0. The van der Waals surface area contributed by atoms with E-state index in [1.807, 2.05) is 13.8 Å². The van der Waals surface area contributed by atoms with Gasteiger partial charge in [0.1, 0.15) is 0 Å². The predicted molar refractivity (Wildman–Crippen MR) is 59.5 cm³/mol. The minimum Gasteiger partial charge on any atom is -0.348 e. The zero-order valence-electron chi connectivity index (χ0n) is 9.82. The summed E-state index contributed by atoms with van der Waals surface area (Å²) in [4.78, 5) is 24.7. The van der Waals surface area contributed by atoms with Crippen molar-refractivity contribution in [2.24, 2.45) is 11.7 Å². The van der Waals surface area contributed by atoms with E-state index in [-0.39, 0.29) is 23.3 Å². The lowest BCUT2D eigenvalue weighted by Gasteiger charge is -2.38. The average Bonchev–Trinajstić information content (AvgIpc) is 2.60. The molecule has 1 spiro atoms. The molecular weight excluding hydrogens is 206 g/mol. The van der Waals surface area contributed by atoms with E-state index in [0.717, 1.165) is 6.42 Å². The van der Waals surface area contributed by atoms with Crippen LogP contribution in [0.2, 0.25) is 0 Å². The van der Waals surface area contributed by atoms with E-state index in [1.165, 1.54) is 0 Å². The van der Waals surface area contributed by atoms with E-state index in [0.29, 0.717) is 19.5 Å². The lowest BCUT2D eigenvalue weighted by Crippen LogP contribution is -2.62. The molecule has 2 aliphatic heterocycles. The normalized spacial score (nSPS) is 30.5. The summed E-state index contributed by atoms with van der Waals surface area (Å²) in [5.74, 6) is 0.246. The highest BCUT2D eigenvalue weighted by molar-refractivity contribution is 5.87. The first kappa shape index (κ1) is 11.4. The Balaban J connectivity index is 1.94. The highest BCUT2D eigenvalue weighted by atomic mass is 16.2. The monoisotopic (exact) mass is 225 g/mol. The fourth-order valence-electron chi connectivity index (χ4n) is 2.39. The zero-order chi connectivity index (χ0) is 11.9. The van der Waals surface area contributed by atoms with Crippen LogP contribution in [0.3, 0.4) is 0 Å². The van der Waals surface area contributed by atoms with E-state index < -0.39 is 6.04 Å². The molecule has 0 bridgehead atoms. The van der Waals surface area contributed by atoms with Crippen LogP contribution < -0.4 is 11.1 Å². The van der Waals surface area contributed by atoms with Crippen molar-refractivity contribution in [3.63, 3.8) is 0 Å². The number of hydrogen-bond donors (Lipinski definition) is 2. The van der Waals surface area contributed by atoms with Crippen LogP contribution in [0, 0.1) is 5.92 Å². The van der Waals surface area contributed by atoms with Gasteiger partial charge < -0.3 is 16.0 Å². The second kappa shape index (κ2) is 3.73. The Morgan fingerprint density at radius 2 is 2.19 bits per heavy atom. The summed E-state index contributed by atoms with van der Waals surface area (Å²) in [6, 6.07) is -0.425. The lowest BCUT2D eigenvalue weighted by molar-refractivity contribution is -0.136. The standard InChI is InChI=1S/C11H19N3O2/c1-7(2)9(12)10(16)14-4-3-11(6-14)5-8(15)13-11/h7,9H,3-6,12H2,1-2H3,(H,13,15)/t9-,11+/m0/s1. The molecule has 0 aromatic heterocycles. The number of amides is 2. The summed E-state index contributed by atoms with van der Waals surface area (Å²) in [5, 5.41) is 2.90. The van der Waals surface area contributed by atoms with Gasteiger partial charge in [-0.3, -0.25) is 9.59 Å². The van der Waals surface area contributed by atoms with Gasteiger partial charge in [0.25, 0.3) is 0 Å². The highest BCUT2D eigenvalue weighted by Gasteiger charge is 2.49. The molecule has 2 fully saturated rings. The number of nitrogens with one attached hydrogen (secondary N) is 1. The first-order valence-electron chi connectivity index (χ1n) is 5.79. The Labute approximate surface area is 95.3 Å². The molecule has 2 atom stereocenters. The molecule has 0 radical (unpaired) electrons. The van der Waals surface area contributed by atoms with Crippen LogP contribution in [-0.4, -0.2) is 41.4 Å². The summed E-state index contributed by atoms with van der Waals surface area (Å²) in [7, 11) is 0. The Bertz CT molecular complexity index is 319. The molecular formula is C11H19N3O2. The van der Waals surface area contributed by atoms with E-state index in [1.54, 1.807) is 4.90 Å². The fraction of sp³-hybridized carbons (Fsp3) is 0.818. The summed E-state index contributed by atoms with van der Waals surface area (Å²) in [6.45, 7) is 5.22. The molecule has 0 aromatic carbocycles. The number of nitrogens with two attached hydrogens (primary N) is 1. The number of hydrogen-bond acceptors (Lipinski definition) is 3. The Morgan fingerprint density at radius 3 is 2.69 bits per heavy atom. The van der Waals surface area contributed by atoms with Crippen molar-refractivity contribution >= 4 is 11.8 Å². The maximum atomic E-state index is 12.0. The molecule has 16 heavy (non-hydrogen) atoms. The molecule has 90 valence electrons. The number of likely N-dealkylation sites (tertiary alicyclic amines) is 1. The summed E-state index contributed by atoms with van der Waals surface area (Å²) in [5.41, 5.74) is 5.70. The molecule has 3 N–H and O–H groups in total. The largest absolute Gasteiger partial charge is 0.348 e. The van der Waals surface area contributed by atoms with Crippen molar-refractivity contribution in [3.8, 4) is 0 Å². The Hall–Kier alpha value is -1.10. The van der Waals surface area contributed by atoms with Crippen molar-refractivity contribution in [2.45, 2.75) is 38.3 Å². The van der Waals surface area contributed by atoms with Gasteiger partial charge in [-0.25, -0.2) is 0 Å². The zero-order valence-corrected chi connectivity index (χ0v) is 9.82. The van der Waals surface area contributed by atoms with Crippen LogP contribution in [0.25, 0.3) is 0 Å². The molecule has 0 saturated carbocycles. The lowest BCUT2D eigenvalue weighted by atomic mass is 9.86. The molecule has 2 aliphatic rings. The molecule has 0 unspecified atom stereocenters. The van der Waals surface area contributed by atoms with Gasteiger partial charge in [0.05, 0.1) is 18.0 Å². The van der Waals surface area contributed by atoms with E-state index in [4.69, 9.17) is 5.73 Å². The smallest absolute Gasteiger partial charge is 0.239 e. The Kier molecular flexibility index (Phi) is 2.66. The third kappa shape index (κ3) is 1.80. The van der Waals surface area contributed by atoms with Crippen molar-refractivity contribution in [3.05, 3.63) is 0 Å². The minimum absolute atomic E-state index is 0.00743. The van der Waals surface area contributed by atoms with Gasteiger partial charge in [0.15, 0.2) is 0 Å². The maximum Gasteiger partial charge on any atom is 0.239 e. The summed E-state index contributed by atoms with van der Waals surface area (Å²) in [6.07, 6.45) is 1.41. The highest BCUT2D eigenvalue weighted by Crippen LogP contribution is 2.31. The second-order valence-corrected chi connectivity index (χ2v) is 5.28. The minimum atomic E-state index is -0.425. The van der Waals surface area contributed by atoms with Crippen molar-refractivity contribution in [1.82, 2.24) is 10.2 Å². The van der Waals surface area contributed by atoms with Crippen molar-refractivity contribution in [2.75, 3.05) is 13.1 Å². The van der Waals surface area contributed by atoms with Gasteiger partial charge in [-0.15, -0.1) is 0 Å². The van der Waals surface area contributed by atoms with E-state index >= 15 is 0 Å². The van der Waals surface area contributed by atoms with Crippen molar-refractivity contribution in [1.29, 1.82) is 0 Å². The molecule has 5 heteroatoms. The first-order chi connectivity index (χ1) is 7.43. The molecule has 2 saturated heterocycles. The van der Waals surface area contributed by atoms with Gasteiger partial charge >= 0.3 is 0 Å². The number of β-lactam (4-membered cyclic amide) rings is 1.